The third kappa shape index (κ3) is 3.95. The molecule has 72 valence electrons. The molecule has 0 aliphatic heterocycles. The van der Waals surface area contributed by atoms with Crippen LogP contribution in [0.2, 0.25) is 0 Å². The van der Waals surface area contributed by atoms with Gasteiger partial charge in [-0.2, -0.15) is 0 Å². The first-order valence-corrected chi connectivity index (χ1v) is 4.63. The summed E-state index contributed by atoms with van der Waals surface area (Å²) in [6.45, 7) is 4.74. The lowest BCUT2D eigenvalue weighted by molar-refractivity contribution is 0.301. The van der Waals surface area contributed by atoms with Gasteiger partial charge in [0, 0.05) is 6.04 Å². The van der Waals surface area contributed by atoms with Gasteiger partial charge < -0.3 is 10.5 Å². The molecule has 2 N–H and O–H groups in total. The Bertz CT molecular complexity index is 258. The van der Waals surface area contributed by atoms with Crippen molar-refractivity contribution in [3.8, 4) is 5.75 Å². The van der Waals surface area contributed by atoms with Gasteiger partial charge in [-0.15, -0.1) is 0 Å². The molecule has 0 aromatic heterocycles. The Morgan fingerprint density at radius 3 is 2.85 bits per heavy atom. The second-order valence-corrected chi connectivity index (χ2v) is 3.43. The van der Waals surface area contributed by atoms with Crippen LogP contribution in [0.5, 0.6) is 5.75 Å². The normalized spacial score (nSPS) is 12.5. The predicted molar refractivity (Wildman–Crippen MR) is 54.9 cm³/mol. The van der Waals surface area contributed by atoms with E-state index in [-0.39, 0.29) is 6.04 Å². The lowest BCUT2D eigenvalue weighted by atomic mass is 10.2. The third-order valence-corrected chi connectivity index (χ3v) is 1.83. The molecule has 2 heteroatoms. The summed E-state index contributed by atoms with van der Waals surface area (Å²) < 4.78 is 5.52. The van der Waals surface area contributed by atoms with Gasteiger partial charge in [-0.3, -0.25) is 0 Å². The zero-order chi connectivity index (χ0) is 9.68. The van der Waals surface area contributed by atoms with Crippen molar-refractivity contribution >= 4 is 0 Å². The monoisotopic (exact) mass is 179 g/mol. The molecule has 0 fully saturated rings. The SMILES string of the molecule is Cc1cccc(OCCC(C)N)c1. The Kier molecular flexibility index (Phi) is 3.77. The van der Waals surface area contributed by atoms with Gasteiger partial charge >= 0.3 is 0 Å². The van der Waals surface area contributed by atoms with Crippen LogP contribution in [0, 0.1) is 6.92 Å². The maximum absolute atomic E-state index is 5.61. The number of hydrogen-bond donors (Lipinski definition) is 1. The first-order valence-electron chi connectivity index (χ1n) is 4.63. The molecule has 1 aromatic rings. The van der Waals surface area contributed by atoms with Gasteiger partial charge in [-0.05, 0) is 38.0 Å². The maximum Gasteiger partial charge on any atom is 0.119 e. The number of hydrogen-bond acceptors (Lipinski definition) is 2. The fourth-order valence-corrected chi connectivity index (χ4v) is 1.07. The quantitative estimate of drug-likeness (QED) is 0.768. The Labute approximate surface area is 79.7 Å². The van der Waals surface area contributed by atoms with Crippen LogP contribution in [0.1, 0.15) is 18.9 Å². The van der Waals surface area contributed by atoms with E-state index in [0.29, 0.717) is 6.61 Å². The molecule has 13 heavy (non-hydrogen) atoms. The molecular formula is C11H17NO. The van der Waals surface area contributed by atoms with E-state index in [4.69, 9.17) is 10.5 Å². The molecule has 1 rings (SSSR count). The Balaban J connectivity index is 2.37. The fraction of sp³-hybridized carbons (Fsp3) is 0.455. The highest BCUT2D eigenvalue weighted by molar-refractivity contribution is 5.27. The van der Waals surface area contributed by atoms with Gasteiger partial charge in [-0.1, -0.05) is 12.1 Å². The van der Waals surface area contributed by atoms with E-state index in [2.05, 4.69) is 13.0 Å². The van der Waals surface area contributed by atoms with Crippen LogP contribution >= 0.6 is 0 Å². The third-order valence-electron chi connectivity index (χ3n) is 1.83. The molecule has 2 nitrogen and oxygen atoms in total. The van der Waals surface area contributed by atoms with E-state index in [1.54, 1.807) is 0 Å². The van der Waals surface area contributed by atoms with E-state index < -0.39 is 0 Å². The zero-order valence-electron chi connectivity index (χ0n) is 8.29. The van der Waals surface area contributed by atoms with Gasteiger partial charge in [0.1, 0.15) is 5.75 Å². The standard InChI is InChI=1S/C11H17NO/c1-9-4-3-5-11(8-9)13-7-6-10(2)12/h3-5,8,10H,6-7,12H2,1-2H3. The summed E-state index contributed by atoms with van der Waals surface area (Å²) in [6, 6.07) is 8.26. The minimum atomic E-state index is 0.213. The van der Waals surface area contributed by atoms with Gasteiger partial charge in [0.15, 0.2) is 0 Å². The summed E-state index contributed by atoms with van der Waals surface area (Å²) in [5.74, 6) is 0.931. The largest absolute Gasteiger partial charge is 0.494 e. The van der Waals surface area contributed by atoms with Crippen molar-refractivity contribution in [2.75, 3.05) is 6.61 Å². The lowest BCUT2D eigenvalue weighted by Gasteiger charge is -2.08. The average Bonchev–Trinajstić information content (AvgIpc) is 2.03. The van der Waals surface area contributed by atoms with Gasteiger partial charge in [0.25, 0.3) is 0 Å². The van der Waals surface area contributed by atoms with Crippen LogP contribution in [0.3, 0.4) is 0 Å². The molecule has 0 bridgehead atoms. The van der Waals surface area contributed by atoms with Crippen molar-refractivity contribution in [1.82, 2.24) is 0 Å². The van der Waals surface area contributed by atoms with Crippen LogP contribution in [0.25, 0.3) is 0 Å². The highest BCUT2D eigenvalue weighted by Crippen LogP contribution is 2.12. The highest BCUT2D eigenvalue weighted by Gasteiger charge is 1.96. The zero-order valence-corrected chi connectivity index (χ0v) is 8.29. The van der Waals surface area contributed by atoms with Crippen LogP contribution in [0.4, 0.5) is 0 Å². The van der Waals surface area contributed by atoms with Crippen molar-refractivity contribution in [3.05, 3.63) is 29.8 Å². The first-order chi connectivity index (χ1) is 6.18. The molecule has 1 atom stereocenters. The summed E-state index contributed by atoms with van der Waals surface area (Å²) in [4.78, 5) is 0. The second kappa shape index (κ2) is 4.87. The minimum Gasteiger partial charge on any atom is -0.494 e. The molecule has 0 aliphatic carbocycles. The van der Waals surface area contributed by atoms with Crippen molar-refractivity contribution in [3.63, 3.8) is 0 Å². The molecule has 0 radical (unpaired) electrons. The predicted octanol–water partition coefficient (Wildman–Crippen LogP) is 2.11. The Hall–Kier alpha value is -1.02. The highest BCUT2D eigenvalue weighted by atomic mass is 16.5. The van der Waals surface area contributed by atoms with Crippen LogP contribution in [0.15, 0.2) is 24.3 Å². The first kappa shape index (κ1) is 10.1. The van der Waals surface area contributed by atoms with E-state index in [0.717, 1.165) is 12.2 Å². The van der Waals surface area contributed by atoms with Gasteiger partial charge in [-0.25, -0.2) is 0 Å². The average molecular weight is 179 g/mol. The number of rotatable bonds is 4. The van der Waals surface area contributed by atoms with Crippen LogP contribution in [-0.2, 0) is 0 Å². The molecule has 0 spiro atoms. The van der Waals surface area contributed by atoms with Crippen LogP contribution < -0.4 is 10.5 Å². The Morgan fingerprint density at radius 2 is 2.23 bits per heavy atom. The molecule has 0 aliphatic rings. The smallest absolute Gasteiger partial charge is 0.119 e. The summed E-state index contributed by atoms with van der Waals surface area (Å²) in [7, 11) is 0. The van der Waals surface area contributed by atoms with Crippen molar-refractivity contribution in [1.29, 1.82) is 0 Å². The van der Waals surface area contributed by atoms with E-state index in [1.807, 2.05) is 25.1 Å². The van der Waals surface area contributed by atoms with Crippen LogP contribution in [-0.4, -0.2) is 12.6 Å². The number of nitrogens with two attached hydrogens (primary N) is 1. The van der Waals surface area contributed by atoms with Crippen molar-refractivity contribution < 1.29 is 4.74 Å². The van der Waals surface area contributed by atoms with Crippen molar-refractivity contribution in [2.24, 2.45) is 5.73 Å². The minimum absolute atomic E-state index is 0.213. The van der Waals surface area contributed by atoms with Gasteiger partial charge in [0.2, 0.25) is 0 Å². The topological polar surface area (TPSA) is 35.2 Å². The van der Waals surface area contributed by atoms with Gasteiger partial charge in [0.05, 0.1) is 6.61 Å². The second-order valence-electron chi connectivity index (χ2n) is 3.43. The summed E-state index contributed by atoms with van der Waals surface area (Å²) in [5.41, 5.74) is 6.83. The summed E-state index contributed by atoms with van der Waals surface area (Å²) >= 11 is 0. The molecule has 0 saturated heterocycles. The number of aryl methyl sites for hydroxylation is 1. The molecule has 0 heterocycles. The molecular weight excluding hydrogens is 162 g/mol. The number of benzene rings is 1. The molecule has 1 unspecified atom stereocenters. The molecule has 0 amide bonds. The van der Waals surface area contributed by atoms with E-state index >= 15 is 0 Å². The van der Waals surface area contributed by atoms with Crippen molar-refractivity contribution in [2.45, 2.75) is 26.3 Å². The van der Waals surface area contributed by atoms with E-state index in [9.17, 15) is 0 Å². The van der Waals surface area contributed by atoms with E-state index in [1.165, 1.54) is 5.56 Å². The maximum atomic E-state index is 5.61. The molecule has 1 aromatic carbocycles. The number of ether oxygens (including phenoxy) is 1. The fourth-order valence-electron chi connectivity index (χ4n) is 1.07. The summed E-state index contributed by atoms with van der Waals surface area (Å²) in [5, 5.41) is 0. The molecule has 0 saturated carbocycles. The summed E-state index contributed by atoms with van der Waals surface area (Å²) in [6.07, 6.45) is 0.897. The lowest BCUT2D eigenvalue weighted by Crippen LogP contribution is -2.18. The Morgan fingerprint density at radius 1 is 1.46 bits per heavy atom.